The Bertz CT molecular complexity index is 1260. The SMILES string of the molecule is NCC1CCC(C(=O)N[C@@H](Cc2ccc(OCc3ccccc3)cc2)C(=O)ONc2ccc(C(F)(F)F)cc2)CC1. The Morgan fingerprint density at radius 2 is 1.54 bits per heavy atom. The van der Waals surface area contributed by atoms with E-state index in [0.29, 0.717) is 37.7 Å². The average Bonchev–Trinajstić information content (AvgIpc) is 2.99. The van der Waals surface area contributed by atoms with Gasteiger partial charge in [-0.15, -0.1) is 0 Å². The molecular weight excluding hydrogens is 535 g/mol. The van der Waals surface area contributed by atoms with Crippen LogP contribution in [0.1, 0.15) is 42.4 Å². The van der Waals surface area contributed by atoms with Crippen molar-refractivity contribution in [3.05, 3.63) is 95.6 Å². The minimum atomic E-state index is -4.48. The summed E-state index contributed by atoms with van der Waals surface area (Å²) in [5, 5.41) is 2.83. The number of nitrogens with one attached hydrogen (secondary N) is 2. The third-order valence-electron chi connectivity index (χ3n) is 7.25. The van der Waals surface area contributed by atoms with Gasteiger partial charge in [-0.25, -0.2) is 10.3 Å². The van der Waals surface area contributed by atoms with Crippen LogP contribution >= 0.6 is 0 Å². The van der Waals surface area contributed by atoms with E-state index in [1.807, 2.05) is 42.5 Å². The van der Waals surface area contributed by atoms with Crippen LogP contribution in [0.5, 0.6) is 5.75 Å². The maximum absolute atomic E-state index is 13.1. The van der Waals surface area contributed by atoms with Crippen molar-refractivity contribution in [2.45, 2.75) is 50.9 Å². The fraction of sp³-hybridized carbons (Fsp3) is 0.355. The molecule has 0 aromatic heterocycles. The fourth-order valence-corrected chi connectivity index (χ4v) is 4.75. The van der Waals surface area contributed by atoms with Crippen LogP contribution in [-0.2, 0) is 33.6 Å². The van der Waals surface area contributed by atoms with Crippen molar-refractivity contribution >= 4 is 17.6 Å². The summed E-state index contributed by atoms with van der Waals surface area (Å²) in [5.41, 5.74) is 9.30. The van der Waals surface area contributed by atoms with Gasteiger partial charge in [-0.2, -0.15) is 13.2 Å². The molecule has 41 heavy (non-hydrogen) atoms. The molecule has 0 spiro atoms. The van der Waals surface area contributed by atoms with E-state index in [4.69, 9.17) is 15.3 Å². The molecule has 0 saturated heterocycles. The van der Waals surface area contributed by atoms with Gasteiger partial charge in [0, 0.05) is 12.3 Å². The van der Waals surface area contributed by atoms with E-state index in [1.165, 1.54) is 0 Å². The molecule has 3 aromatic rings. The summed E-state index contributed by atoms with van der Waals surface area (Å²) >= 11 is 0. The third-order valence-corrected chi connectivity index (χ3v) is 7.25. The van der Waals surface area contributed by atoms with E-state index in [9.17, 15) is 22.8 Å². The molecule has 0 heterocycles. The van der Waals surface area contributed by atoms with Gasteiger partial charge in [0.1, 0.15) is 18.4 Å². The summed E-state index contributed by atoms with van der Waals surface area (Å²) in [6.45, 7) is 0.997. The predicted octanol–water partition coefficient (Wildman–Crippen LogP) is 5.65. The van der Waals surface area contributed by atoms with Gasteiger partial charge >= 0.3 is 12.1 Å². The quantitative estimate of drug-likeness (QED) is 0.258. The maximum Gasteiger partial charge on any atom is 0.416 e. The molecule has 0 aliphatic heterocycles. The molecule has 7 nitrogen and oxygen atoms in total. The molecule has 3 aromatic carbocycles. The van der Waals surface area contributed by atoms with E-state index in [-0.39, 0.29) is 23.9 Å². The van der Waals surface area contributed by atoms with E-state index >= 15 is 0 Å². The first-order chi connectivity index (χ1) is 19.7. The Labute approximate surface area is 237 Å². The summed E-state index contributed by atoms with van der Waals surface area (Å²) in [7, 11) is 0. The molecule has 1 fully saturated rings. The number of hydrogen-bond donors (Lipinski definition) is 3. The Morgan fingerprint density at radius 3 is 2.15 bits per heavy atom. The first-order valence-electron chi connectivity index (χ1n) is 13.6. The number of rotatable bonds is 11. The molecule has 1 aliphatic rings. The molecule has 0 radical (unpaired) electrons. The van der Waals surface area contributed by atoms with Gasteiger partial charge in [0.15, 0.2) is 0 Å². The van der Waals surface area contributed by atoms with Gasteiger partial charge < -0.3 is 20.6 Å². The van der Waals surface area contributed by atoms with Gasteiger partial charge in [-0.05, 0) is 85.7 Å². The molecular formula is C31H34F3N3O4. The van der Waals surface area contributed by atoms with E-state index in [0.717, 1.165) is 48.2 Å². The molecule has 218 valence electrons. The number of ether oxygens (including phenoxy) is 1. The summed E-state index contributed by atoms with van der Waals surface area (Å²) in [4.78, 5) is 31.3. The fourth-order valence-electron chi connectivity index (χ4n) is 4.75. The standard InChI is InChI=1S/C31H34F3N3O4/c32-31(33,34)25-12-14-26(15-13-25)37-41-30(39)28(36-29(38)24-10-6-22(19-35)7-11-24)18-21-8-16-27(17-9-21)40-20-23-4-2-1-3-5-23/h1-5,8-9,12-17,22,24,28,37H,6-7,10-11,18-20,35H2,(H,36,38)/t22?,24?,28-/m0/s1. The van der Waals surface area contributed by atoms with Crippen molar-refractivity contribution < 1.29 is 32.3 Å². The molecule has 1 saturated carbocycles. The lowest BCUT2D eigenvalue weighted by molar-refractivity contribution is -0.145. The van der Waals surface area contributed by atoms with Crippen LogP contribution in [0.3, 0.4) is 0 Å². The summed E-state index contributed by atoms with van der Waals surface area (Å²) < 4.78 is 44.4. The lowest BCUT2D eigenvalue weighted by atomic mass is 9.81. The highest BCUT2D eigenvalue weighted by Gasteiger charge is 2.31. The van der Waals surface area contributed by atoms with Gasteiger partial charge in [-0.1, -0.05) is 42.5 Å². The van der Waals surface area contributed by atoms with E-state index in [1.54, 1.807) is 12.1 Å². The van der Waals surface area contributed by atoms with Crippen molar-refractivity contribution in [1.82, 2.24) is 5.32 Å². The number of alkyl halides is 3. The van der Waals surface area contributed by atoms with Crippen LogP contribution in [0.15, 0.2) is 78.9 Å². The zero-order chi connectivity index (χ0) is 29.2. The lowest BCUT2D eigenvalue weighted by Gasteiger charge is -2.28. The Balaban J connectivity index is 1.39. The zero-order valence-electron chi connectivity index (χ0n) is 22.5. The first-order valence-corrected chi connectivity index (χ1v) is 13.6. The molecule has 0 bridgehead atoms. The number of amides is 1. The van der Waals surface area contributed by atoms with E-state index < -0.39 is 23.8 Å². The molecule has 1 aliphatic carbocycles. The zero-order valence-corrected chi connectivity index (χ0v) is 22.5. The highest BCUT2D eigenvalue weighted by Crippen LogP contribution is 2.30. The number of hydrogen-bond acceptors (Lipinski definition) is 6. The number of halogens is 3. The van der Waals surface area contributed by atoms with Crippen LogP contribution in [-0.4, -0.2) is 24.5 Å². The number of nitrogens with two attached hydrogens (primary N) is 1. The van der Waals surface area contributed by atoms with Gasteiger partial charge in [0.2, 0.25) is 5.91 Å². The molecule has 4 N–H and O–H groups in total. The van der Waals surface area contributed by atoms with E-state index in [2.05, 4.69) is 10.8 Å². The molecule has 4 rings (SSSR count). The van der Waals surface area contributed by atoms with Crippen molar-refractivity contribution in [3.63, 3.8) is 0 Å². The maximum atomic E-state index is 13.1. The van der Waals surface area contributed by atoms with Gasteiger partial charge in [0.25, 0.3) is 0 Å². The Morgan fingerprint density at radius 1 is 0.878 bits per heavy atom. The number of benzene rings is 3. The van der Waals surface area contributed by atoms with Crippen molar-refractivity contribution in [2.75, 3.05) is 12.0 Å². The second-order valence-electron chi connectivity index (χ2n) is 10.2. The number of anilines is 1. The van der Waals surface area contributed by atoms with Crippen LogP contribution in [0.2, 0.25) is 0 Å². The van der Waals surface area contributed by atoms with Crippen LogP contribution < -0.4 is 21.3 Å². The predicted molar refractivity (Wildman–Crippen MR) is 149 cm³/mol. The van der Waals surface area contributed by atoms with Crippen LogP contribution in [0.25, 0.3) is 0 Å². The van der Waals surface area contributed by atoms with Crippen molar-refractivity contribution in [1.29, 1.82) is 0 Å². The number of carbonyl (C=O) groups excluding carboxylic acids is 2. The van der Waals surface area contributed by atoms with Gasteiger partial charge in [-0.3, -0.25) is 4.79 Å². The number of carbonyl (C=O) groups is 2. The second kappa shape index (κ2) is 14.0. The first kappa shape index (κ1) is 29.9. The van der Waals surface area contributed by atoms with Gasteiger partial charge in [0.05, 0.1) is 11.3 Å². The third kappa shape index (κ3) is 8.97. The minimum Gasteiger partial charge on any atom is -0.489 e. The summed E-state index contributed by atoms with van der Waals surface area (Å²) in [6.07, 6.45) is -1.25. The summed E-state index contributed by atoms with van der Waals surface area (Å²) in [5.74, 6) is -0.181. The highest BCUT2D eigenvalue weighted by atomic mass is 19.4. The van der Waals surface area contributed by atoms with Crippen molar-refractivity contribution in [2.24, 2.45) is 17.6 Å². The molecule has 1 amide bonds. The smallest absolute Gasteiger partial charge is 0.416 e. The topological polar surface area (TPSA) is 103 Å². The largest absolute Gasteiger partial charge is 0.489 e. The minimum absolute atomic E-state index is 0.149. The Hall–Kier alpha value is -4.05. The molecule has 10 heteroatoms. The summed E-state index contributed by atoms with van der Waals surface area (Å²) in [6, 6.07) is 20.0. The van der Waals surface area contributed by atoms with Crippen LogP contribution in [0, 0.1) is 11.8 Å². The monoisotopic (exact) mass is 569 g/mol. The normalized spacial score (nSPS) is 17.8. The molecule has 1 atom stereocenters. The highest BCUT2D eigenvalue weighted by molar-refractivity contribution is 5.86. The van der Waals surface area contributed by atoms with Crippen LogP contribution in [0.4, 0.5) is 18.9 Å². The Kier molecular flexibility index (Phi) is 10.2. The average molecular weight is 570 g/mol. The lowest BCUT2D eigenvalue weighted by Crippen LogP contribution is -2.47. The van der Waals surface area contributed by atoms with Crippen molar-refractivity contribution in [3.8, 4) is 5.75 Å². The second-order valence-corrected chi connectivity index (χ2v) is 10.2. The molecule has 0 unspecified atom stereocenters.